The number of carbonyl (C=O) groups excluding carboxylic acids is 2. The number of hydrogen-bond acceptors (Lipinski definition) is 6. The van der Waals surface area contributed by atoms with Crippen LogP contribution in [0.1, 0.15) is 213 Å². The van der Waals surface area contributed by atoms with Crippen LogP contribution in [0.15, 0.2) is 60.8 Å². The predicted octanol–water partition coefficient (Wildman–Crippen LogP) is 14.5. The molecule has 0 rings (SSSR count). The SMILES string of the molecule is CC/C=C/C/C=C/C/C=C/C/C=C/C/C=C/CCC(=O)OC(COCCC(C(=O)O)[N+](C)(C)C)COC(=O)CCCCCCCCCCCCCCCCCCCCCCCC. The van der Waals surface area contributed by atoms with Crippen LogP contribution in [0.25, 0.3) is 0 Å². The Balaban J connectivity index is 4.28. The van der Waals surface area contributed by atoms with Gasteiger partial charge in [-0.15, -0.1) is 0 Å². The van der Waals surface area contributed by atoms with Gasteiger partial charge in [0.15, 0.2) is 12.1 Å². The van der Waals surface area contributed by atoms with Crippen molar-refractivity contribution < 1.29 is 38.2 Å². The number of rotatable bonds is 45. The Kier molecular flexibility index (Phi) is 42.5. The van der Waals surface area contributed by atoms with Gasteiger partial charge in [-0.25, -0.2) is 4.79 Å². The summed E-state index contributed by atoms with van der Waals surface area (Å²) in [6, 6.07) is -0.629. The van der Waals surface area contributed by atoms with Gasteiger partial charge in [-0.2, -0.15) is 0 Å². The van der Waals surface area contributed by atoms with Crippen molar-refractivity contribution in [2.45, 2.75) is 225 Å². The zero-order chi connectivity index (χ0) is 45.6. The van der Waals surface area contributed by atoms with Crippen molar-refractivity contribution in [3.05, 3.63) is 60.8 Å². The number of quaternary nitrogens is 1. The summed E-state index contributed by atoms with van der Waals surface area (Å²) in [4.78, 5) is 37.1. The van der Waals surface area contributed by atoms with E-state index in [1.807, 2.05) is 33.3 Å². The van der Waals surface area contributed by atoms with Gasteiger partial charge < -0.3 is 23.8 Å². The first kappa shape index (κ1) is 59.0. The summed E-state index contributed by atoms with van der Waals surface area (Å²) >= 11 is 0. The van der Waals surface area contributed by atoms with Crippen LogP contribution in [0.2, 0.25) is 0 Å². The molecule has 0 amide bonds. The highest BCUT2D eigenvalue weighted by molar-refractivity contribution is 5.72. The molecule has 1 N–H and O–H groups in total. The molecule has 2 unspecified atom stereocenters. The molecule has 0 fully saturated rings. The standard InChI is InChI=1S/C54H95NO7/c1-6-8-10-12-14-16-18-20-22-24-25-26-27-28-29-31-32-34-36-38-40-42-44-52(56)61-49-50(48-60-47-46-51(54(58)59)55(3,4)5)62-53(57)45-43-41-39-37-35-33-30-23-21-19-17-15-13-11-9-7-2/h9,11,15,17,21,23,33,35,39,41,50-51H,6-8,10,12-14,16,18-20,22,24-32,34,36-38,40,42-49H2,1-5H3/p+1/b11-9+,17-15+,23-21+,35-33+,41-39+. The minimum Gasteiger partial charge on any atom is -0.477 e. The molecule has 8 heteroatoms. The Hall–Kier alpha value is -2.97. The zero-order valence-corrected chi connectivity index (χ0v) is 40.8. The Morgan fingerprint density at radius 1 is 0.500 bits per heavy atom. The molecular weight excluding hydrogens is 775 g/mol. The van der Waals surface area contributed by atoms with Crippen molar-refractivity contribution in [2.75, 3.05) is 41.0 Å². The number of aliphatic carboxylic acids is 1. The van der Waals surface area contributed by atoms with Crippen LogP contribution in [0, 0.1) is 0 Å². The van der Waals surface area contributed by atoms with Gasteiger partial charge in [-0.1, -0.05) is 209 Å². The fourth-order valence-corrected chi connectivity index (χ4v) is 7.32. The summed E-state index contributed by atoms with van der Waals surface area (Å²) in [5.41, 5.74) is 0. The van der Waals surface area contributed by atoms with Gasteiger partial charge >= 0.3 is 17.9 Å². The largest absolute Gasteiger partial charge is 0.477 e. The molecule has 0 radical (unpaired) electrons. The number of nitrogens with zero attached hydrogens (tertiary/aromatic N) is 1. The van der Waals surface area contributed by atoms with Crippen LogP contribution in [-0.4, -0.2) is 80.6 Å². The molecule has 0 aliphatic carbocycles. The van der Waals surface area contributed by atoms with Gasteiger partial charge in [-0.3, -0.25) is 9.59 Å². The molecule has 2 atom stereocenters. The topological polar surface area (TPSA) is 99.1 Å². The lowest BCUT2D eigenvalue weighted by molar-refractivity contribution is -0.887. The van der Waals surface area contributed by atoms with Gasteiger partial charge in [0.05, 0.1) is 34.4 Å². The van der Waals surface area contributed by atoms with E-state index in [1.54, 1.807) is 0 Å². The van der Waals surface area contributed by atoms with Crippen LogP contribution in [0.4, 0.5) is 0 Å². The first-order valence-corrected chi connectivity index (χ1v) is 25.3. The van der Waals surface area contributed by atoms with Crippen LogP contribution >= 0.6 is 0 Å². The van der Waals surface area contributed by atoms with E-state index in [4.69, 9.17) is 14.2 Å². The van der Waals surface area contributed by atoms with Crippen molar-refractivity contribution in [3.8, 4) is 0 Å². The highest BCUT2D eigenvalue weighted by Gasteiger charge is 2.31. The molecule has 62 heavy (non-hydrogen) atoms. The van der Waals surface area contributed by atoms with Crippen LogP contribution in [0.3, 0.4) is 0 Å². The molecule has 0 spiro atoms. The number of hydrogen-bond donors (Lipinski definition) is 1. The van der Waals surface area contributed by atoms with Crippen molar-refractivity contribution in [1.29, 1.82) is 0 Å². The third-order valence-corrected chi connectivity index (χ3v) is 11.2. The van der Waals surface area contributed by atoms with E-state index in [2.05, 4.69) is 62.5 Å². The third-order valence-electron chi connectivity index (χ3n) is 11.2. The van der Waals surface area contributed by atoms with Gasteiger partial charge in [0.25, 0.3) is 0 Å². The van der Waals surface area contributed by atoms with Crippen LogP contribution < -0.4 is 0 Å². The molecule has 0 aromatic heterocycles. The molecule has 0 heterocycles. The van der Waals surface area contributed by atoms with Gasteiger partial charge in [0, 0.05) is 19.3 Å². The van der Waals surface area contributed by atoms with Crippen molar-refractivity contribution in [3.63, 3.8) is 0 Å². The summed E-state index contributed by atoms with van der Waals surface area (Å²) in [7, 11) is 5.51. The number of carboxylic acid groups (broad SMARTS) is 1. The fraction of sp³-hybridized carbons (Fsp3) is 0.759. The number of likely N-dealkylation sites (N-methyl/N-ethyl adjacent to an activating group) is 1. The maximum Gasteiger partial charge on any atom is 0.362 e. The summed E-state index contributed by atoms with van der Waals surface area (Å²) in [6.07, 6.45) is 55.8. The van der Waals surface area contributed by atoms with Crippen molar-refractivity contribution in [1.82, 2.24) is 0 Å². The highest BCUT2D eigenvalue weighted by atomic mass is 16.6. The lowest BCUT2D eigenvalue weighted by Gasteiger charge is -2.31. The lowest BCUT2D eigenvalue weighted by Crippen LogP contribution is -2.50. The zero-order valence-electron chi connectivity index (χ0n) is 40.8. The molecule has 0 bridgehead atoms. The van der Waals surface area contributed by atoms with Crippen LogP contribution in [0.5, 0.6) is 0 Å². The minimum absolute atomic E-state index is 0.0313. The predicted molar refractivity (Wildman–Crippen MR) is 261 cm³/mol. The quantitative estimate of drug-likeness (QED) is 0.0282. The maximum absolute atomic E-state index is 12.7. The first-order valence-electron chi connectivity index (χ1n) is 25.3. The van der Waals surface area contributed by atoms with Crippen LogP contribution in [-0.2, 0) is 28.6 Å². The molecule has 358 valence electrons. The summed E-state index contributed by atoms with van der Waals surface area (Å²) in [6.45, 7) is 4.56. The molecule has 0 aliphatic rings. The summed E-state index contributed by atoms with van der Waals surface area (Å²) < 4.78 is 17.3. The molecular formula is C54H96NO7+. The smallest absolute Gasteiger partial charge is 0.362 e. The lowest BCUT2D eigenvalue weighted by atomic mass is 10.0. The van der Waals surface area contributed by atoms with E-state index in [1.165, 1.54) is 122 Å². The second kappa shape index (κ2) is 44.6. The maximum atomic E-state index is 12.7. The van der Waals surface area contributed by atoms with E-state index >= 15 is 0 Å². The van der Waals surface area contributed by atoms with E-state index in [0.29, 0.717) is 19.3 Å². The number of ether oxygens (including phenoxy) is 3. The number of esters is 2. The third kappa shape index (κ3) is 42.3. The van der Waals surface area contributed by atoms with E-state index in [-0.39, 0.29) is 42.7 Å². The Morgan fingerprint density at radius 2 is 0.903 bits per heavy atom. The second-order valence-electron chi connectivity index (χ2n) is 18.1. The Morgan fingerprint density at radius 3 is 1.31 bits per heavy atom. The number of carboxylic acids is 1. The normalized spacial score (nSPS) is 13.4. The average molecular weight is 871 g/mol. The van der Waals surface area contributed by atoms with Gasteiger partial charge in [0.2, 0.25) is 0 Å². The van der Waals surface area contributed by atoms with E-state index in [9.17, 15) is 19.5 Å². The molecule has 0 saturated carbocycles. The first-order chi connectivity index (χ1) is 30.1. The molecule has 8 nitrogen and oxygen atoms in total. The fourth-order valence-electron chi connectivity index (χ4n) is 7.32. The molecule has 0 saturated heterocycles. The Labute approximate surface area is 381 Å². The molecule has 0 aromatic carbocycles. The van der Waals surface area contributed by atoms with Crippen molar-refractivity contribution in [2.24, 2.45) is 0 Å². The molecule has 0 aliphatic heterocycles. The van der Waals surface area contributed by atoms with Gasteiger partial charge in [-0.05, 0) is 44.9 Å². The number of allylic oxidation sites excluding steroid dienone is 10. The highest BCUT2D eigenvalue weighted by Crippen LogP contribution is 2.16. The monoisotopic (exact) mass is 871 g/mol. The summed E-state index contributed by atoms with van der Waals surface area (Å²) in [5.74, 6) is -1.57. The van der Waals surface area contributed by atoms with Crippen molar-refractivity contribution >= 4 is 17.9 Å². The number of carbonyl (C=O) groups is 3. The van der Waals surface area contributed by atoms with E-state index in [0.717, 1.165) is 51.4 Å². The number of unbranched alkanes of at least 4 members (excludes halogenated alkanes) is 21. The Bertz CT molecular complexity index is 1200. The average Bonchev–Trinajstić information content (AvgIpc) is 3.23. The second-order valence-corrected chi connectivity index (χ2v) is 18.1. The minimum atomic E-state index is -0.886. The summed E-state index contributed by atoms with van der Waals surface area (Å²) in [5, 5.41) is 9.64. The van der Waals surface area contributed by atoms with E-state index < -0.39 is 18.1 Å². The van der Waals surface area contributed by atoms with Gasteiger partial charge in [0.1, 0.15) is 6.61 Å². The molecule has 0 aromatic rings.